The Morgan fingerprint density at radius 2 is 1.87 bits per heavy atom. The molecule has 1 aromatic heterocycles. The molecule has 2 aromatic carbocycles. The number of alkyl halides is 3. The van der Waals surface area contributed by atoms with Crippen LogP contribution >= 0.6 is 0 Å². The first-order chi connectivity index (χ1) is 14.7. The molecule has 0 aliphatic carbocycles. The molecule has 162 valence electrons. The topological polar surface area (TPSA) is 93.0 Å². The Kier molecular flexibility index (Phi) is 5.45. The third-order valence-electron chi connectivity index (χ3n) is 5.28. The number of benzene rings is 2. The predicted octanol–water partition coefficient (Wildman–Crippen LogP) is 4.41. The van der Waals surface area contributed by atoms with Crippen LogP contribution in [-0.4, -0.2) is 28.8 Å². The number of aromatic amines is 1. The molecule has 0 unspecified atom stereocenters. The van der Waals surface area contributed by atoms with Gasteiger partial charge in [-0.05, 0) is 36.1 Å². The average molecular weight is 430 g/mol. The van der Waals surface area contributed by atoms with Crippen molar-refractivity contribution < 1.29 is 22.7 Å². The lowest BCUT2D eigenvalue weighted by Crippen LogP contribution is -2.21. The van der Waals surface area contributed by atoms with Crippen LogP contribution in [0.5, 0.6) is 5.75 Å². The molecule has 0 spiro atoms. The third-order valence-corrected chi connectivity index (χ3v) is 5.28. The molecule has 1 aliphatic heterocycles. The molecule has 3 aromatic rings. The van der Waals surface area contributed by atoms with Crippen LogP contribution in [0.1, 0.15) is 35.6 Å². The fraction of sp³-hybridized carbons (Fsp3) is 0.273. The van der Waals surface area contributed by atoms with E-state index >= 15 is 0 Å². The highest BCUT2D eigenvalue weighted by Crippen LogP contribution is 2.37. The standard InChI is InChI=1S/C22H21F3N4O2/c1-12-9-17(27-10-12)21-28-11-18(29-21)14-7-5-13(6-8-14)15-3-2-4-16(20(26)30)19(15)31-22(23,24)25/h2-8,11-12,17,27H,9-10H2,1H3,(H2,26,30)(H,28,29)/t12-,17-/m0/s1. The van der Waals surface area contributed by atoms with Crippen LogP contribution in [0.4, 0.5) is 13.2 Å². The molecule has 4 N–H and O–H groups in total. The number of para-hydroxylation sites is 1. The van der Waals surface area contributed by atoms with Crippen LogP contribution in [0.25, 0.3) is 22.4 Å². The zero-order valence-electron chi connectivity index (χ0n) is 16.7. The Balaban J connectivity index is 1.64. The lowest BCUT2D eigenvalue weighted by Gasteiger charge is -2.16. The van der Waals surface area contributed by atoms with Crippen molar-refractivity contribution in [2.24, 2.45) is 11.7 Å². The van der Waals surface area contributed by atoms with Gasteiger partial charge in [0.05, 0.1) is 23.5 Å². The fourth-order valence-electron chi connectivity index (χ4n) is 3.79. The van der Waals surface area contributed by atoms with Gasteiger partial charge in [-0.25, -0.2) is 4.98 Å². The number of carbonyl (C=O) groups is 1. The predicted molar refractivity (Wildman–Crippen MR) is 109 cm³/mol. The number of ether oxygens (including phenoxy) is 1. The van der Waals surface area contributed by atoms with Crippen LogP contribution in [0.2, 0.25) is 0 Å². The number of amides is 1. The summed E-state index contributed by atoms with van der Waals surface area (Å²) in [5, 5.41) is 3.42. The van der Waals surface area contributed by atoms with Gasteiger partial charge in [0, 0.05) is 5.56 Å². The summed E-state index contributed by atoms with van der Waals surface area (Å²) < 4.78 is 42.9. The minimum Gasteiger partial charge on any atom is -0.404 e. The van der Waals surface area contributed by atoms with Gasteiger partial charge >= 0.3 is 6.36 Å². The van der Waals surface area contributed by atoms with Gasteiger partial charge in [0.25, 0.3) is 5.91 Å². The number of imidazole rings is 1. The fourth-order valence-corrected chi connectivity index (χ4v) is 3.79. The van der Waals surface area contributed by atoms with E-state index in [0.29, 0.717) is 11.5 Å². The Labute approximate surface area is 176 Å². The molecule has 0 saturated carbocycles. The summed E-state index contributed by atoms with van der Waals surface area (Å²) in [6.07, 6.45) is -2.22. The van der Waals surface area contributed by atoms with Gasteiger partial charge < -0.3 is 20.8 Å². The number of hydrogen-bond acceptors (Lipinski definition) is 4. The molecule has 1 aliphatic rings. The van der Waals surface area contributed by atoms with Gasteiger partial charge in [-0.2, -0.15) is 0 Å². The van der Waals surface area contributed by atoms with Gasteiger partial charge in [-0.15, -0.1) is 13.2 Å². The largest absolute Gasteiger partial charge is 0.573 e. The minimum atomic E-state index is -4.96. The molecule has 6 nitrogen and oxygen atoms in total. The highest BCUT2D eigenvalue weighted by molar-refractivity contribution is 5.98. The van der Waals surface area contributed by atoms with Gasteiger partial charge in [-0.1, -0.05) is 43.3 Å². The van der Waals surface area contributed by atoms with Crippen LogP contribution in [0, 0.1) is 5.92 Å². The van der Waals surface area contributed by atoms with Crippen molar-refractivity contribution in [2.75, 3.05) is 6.54 Å². The second kappa shape index (κ2) is 8.07. The summed E-state index contributed by atoms with van der Waals surface area (Å²) in [5.41, 5.74) is 7.12. The van der Waals surface area contributed by atoms with Crippen molar-refractivity contribution in [1.29, 1.82) is 0 Å². The maximum absolute atomic E-state index is 12.9. The highest BCUT2D eigenvalue weighted by atomic mass is 19.4. The van der Waals surface area contributed by atoms with E-state index in [1.807, 2.05) is 0 Å². The summed E-state index contributed by atoms with van der Waals surface area (Å²) in [5.74, 6) is -0.168. The Hall–Kier alpha value is -3.33. The first-order valence-electron chi connectivity index (χ1n) is 9.79. The molecule has 9 heteroatoms. The van der Waals surface area contributed by atoms with Crippen LogP contribution in [0.3, 0.4) is 0 Å². The molecular weight excluding hydrogens is 409 g/mol. The minimum absolute atomic E-state index is 0.120. The maximum atomic E-state index is 12.9. The molecule has 0 radical (unpaired) electrons. The van der Waals surface area contributed by atoms with Gasteiger partial charge in [0.1, 0.15) is 11.6 Å². The molecular formula is C22H21F3N4O2. The van der Waals surface area contributed by atoms with Gasteiger partial charge in [0.2, 0.25) is 0 Å². The number of nitrogens with two attached hydrogens (primary N) is 1. The van der Waals surface area contributed by atoms with Crippen molar-refractivity contribution in [1.82, 2.24) is 15.3 Å². The van der Waals surface area contributed by atoms with Crippen molar-refractivity contribution in [3.8, 4) is 28.1 Å². The number of halogens is 3. The Morgan fingerprint density at radius 3 is 2.48 bits per heavy atom. The number of rotatable bonds is 5. The zero-order chi connectivity index (χ0) is 22.2. The van der Waals surface area contributed by atoms with Crippen LogP contribution < -0.4 is 15.8 Å². The molecule has 4 rings (SSSR count). The van der Waals surface area contributed by atoms with E-state index in [1.54, 1.807) is 30.5 Å². The number of primary amides is 1. The first-order valence-corrected chi connectivity index (χ1v) is 9.79. The lowest BCUT2D eigenvalue weighted by atomic mass is 9.99. The molecule has 1 fully saturated rings. The molecule has 31 heavy (non-hydrogen) atoms. The second-order valence-corrected chi connectivity index (χ2v) is 7.66. The number of nitrogens with zero attached hydrogens (tertiary/aromatic N) is 1. The van der Waals surface area contributed by atoms with Crippen molar-refractivity contribution in [2.45, 2.75) is 25.7 Å². The second-order valence-electron chi connectivity index (χ2n) is 7.66. The van der Waals surface area contributed by atoms with Crippen molar-refractivity contribution >= 4 is 5.91 Å². The van der Waals surface area contributed by atoms with Crippen LogP contribution in [-0.2, 0) is 0 Å². The summed E-state index contributed by atoms with van der Waals surface area (Å²) in [4.78, 5) is 19.4. The summed E-state index contributed by atoms with van der Waals surface area (Å²) in [6, 6.07) is 11.2. The number of H-pyrrole nitrogens is 1. The average Bonchev–Trinajstić information content (AvgIpc) is 3.36. The maximum Gasteiger partial charge on any atom is 0.573 e. The quantitative estimate of drug-likeness (QED) is 0.559. The Bertz CT molecular complexity index is 1090. The van der Waals surface area contributed by atoms with E-state index in [2.05, 4.69) is 26.9 Å². The van der Waals surface area contributed by atoms with Gasteiger partial charge in [0.15, 0.2) is 0 Å². The molecule has 2 heterocycles. The van der Waals surface area contributed by atoms with E-state index in [9.17, 15) is 18.0 Å². The van der Waals surface area contributed by atoms with Crippen LogP contribution in [0.15, 0.2) is 48.7 Å². The smallest absolute Gasteiger partial charge is 0.404 e. The first kappa shape index (κ1) is 20.9. The number of hydrogen-bond donors (Lipinski definition) is 3. The van der Waals surface area contributed by atoms with E-state index < -0.39 is 18.0 Å². The monoisotopic (exact) mass is 430 g/mol. The SMILES string of the molecule is C[C@@H]1CN[C@H](c2ncc(-c3ccc(-c4cccc(C(N)=O)c4OC(F)(F)F)cc3)[nH]2)C1. The molecule has 1 amide bonds. The van der Waals surface area contributed by atoms with E-state index in [1.165, 1.54) is 18.2 Å². The molecule has 0 bridgehead atoms. The van der Waals surface area contributed by atoms with Gasteiger partial charge in [-0.3, -0.25) is 4.79 Å². The number of carbonyl (C=O) groups excluding carboxylic acids is 1. The Morgan fingerprint density at radius 1 is 1.16 bits per heavy atom. The number of nitrogens with one attached hydrogen (secondary N) is 2. The number of aromatic nitrogens is 2. The van der Waals surface area contributed by atoms with E-state index in [4.69, 9.17) is 5.73 Å². The summed E-state index contributed by atoms with van der Waals surface area (Å²) in [7, 11) is 0. The van der Waals surface area contributed by atoms with Crippen molar-refractivity contribution in [3.63, 3.8) is 0 Å². The van der Waals surface area contributed by atoms with E-state index in [-0.39, 0.29) is 17.2 Å². The van der Waals surface area contributed by atoms with Crippen molar-refractivity contribution in [3.05, 3.63) is 60.0 Å². The molecule has 1 saturated heterocycles. The highest BCUT2D eigenvalue weighted by Gasteiger charge is 2.34. The third kappa shape index (κ3) is 4.56. The molecule has 2 atom stereocenters. The summed E-state index contributed by atoms with van der Waals surface area (Å²) in [6.45, 7) is 3.13. The van der Waals surface area contributed by atoms with E-state index in [0.717, 1.165) is 30.0 Å². The normalized spacial score (nSPS) is 18.8. The zero-order valence-corrected chi connectivity index (χ0v) is 16.7. The lowest BCUT2D eigenvalue weighted by molar-refractivity contribution is -0.274. The summed E-state index contributed by atoms with van der Waals surface area (Å²) >= 11 is 0.